The summed E-state index contributed by atoms with van der Waals surface area (Å²) in [6, 6.07) is 36.0. The van der Waals surface area contributed by atoms with E-state index in [9.17, 15) is 0 Å². The van der Waals surface area contributed by atoms with Crippen LogP contribution in [0.1, 0.15) is 56.7 Å². The van der Waals surface area contributed by atoms with E-state index in [0.29, 0.717) is 17.6 Å². The van der Waals surface area contributed by atoms with Crippen molar-refractivity contribution in [1.29, 1.82) is 0 Å². The van der Waals surface area contributed by atoms with Gasteiger partial charge in [-0.05, 0) is 72.9 Å². The van der Waals surface area contributed by atoms with Crippen LogP contribution in [0.15, 0.2) is 205 Å². The molecule has 0 spiro atoms. The Labute approximate surface area is 372 Å². The smallest absolute Gasteiger partial charge is 0.220 e. The second-order valence-electron chi connectivity index (χ2n) is 18.3. The lowest BCUT2D eigenvalue weighted by molar-refractivity contribution is 0.592. The molecule has 0 radical (unpaired) electrons. The lowest BCUT2D eigenvalue weighted by Crippen LogP contribution is -2.65. The van der Waals surface area contributed by atoms with Gasteiger partial charge in [0.1, 0.15) is 5.82 Å². The maximum atomic E-state index is 5.42. The molecule has 304 valence electrons. The van der Waals surface area contributed by atoms with E-state index >= 15 is 0 Å². The predicted octanol–water partition coefficient (Wildman–Crippen LogP) is 11.2. The van der Waals surface area contributed by atoms with Crippen LogP contribution in [0.2, 0.25) is 11.6 Å². The standard InChI is InChI=1S/C57H50B2N4/c1-5-17-39(18-6-1)41-29-33-46(34-30-41)58-48-25-13-15-27-52(48)63-53-28-16-14-26-49(53)59(47-35-31-42(32-36-47)40-19-7-2-8-20-40)51-38-45(37-50(58)54(51)63)57-61-55(43-21-9-3-10-22-43)60-56(62-57)44-23-11-4-12-24-44/h1,3-7,9-12,14-23,27-31,33-38,42,44,48-49,52H,2,8,13,24-26,32H2. The van der Waals surface area contributed by atoms with E-state index < -0.39 is 0 Å². The molecule has 12 rings (SSSR count). The molecule has 3 heterocycles. The SMILES string of the molecule is C1=CCC2B(C3=CCC(C4=CCCC=C4)C=C3)c3cc(-c4nc(-c5ccccc5)nc(C5C=CC=CC5)n4)cc4c3N(C2=C1)C1C=CCCC1B4c1ccc(-c2ccccc2)cc1. The third-order valence-electron chi connectivity index (χ3n) is 14.7. The highest BCUT2D eigenvalue weighted by molar-refractivity contribution is 6.91. The average Bonchev–Trinajstić information content (AvgIpc) is 3.37. The van der Waals surface area contributed by atoms with Crippen molar-refractivity contribution in [2.24, 2.45) is 5.92 Å². The van der Waals surface area contributed by atoms with Gasteiger partial charge in [-0.3, -0.25) is 0 Å². The van der Waals surface area contributed by atoms with E-state index in [2.05, 4.69) is 193 Å². The van der Waals surface area contributed by atoms with Crippen molar-refractivity contribution >= 4 is 35.5 Å². The minimum atomic E-state index is 0.0884. The zero-order valence-corrected chi connectivity index (χ0v) is 35.7. The summed E-state index contributed by atoms with van der Waals surface area (Å²) in [5.74, 6) is 3.54. The topological polar surface area (TPSA) is 41.9 Å². The predicted molar refractivity (Wildman–Crippen MR) is 264 cm³/mol. The van der Waals surface area contributed by atoms with Crippen molar-refractivity contribution in [1.82, 2.24) is 15.0 Å². The van der Waals surface area contributed by atoms with E-state index in [4.69, 9.17) is 15.0 Å². The zero-order valence-electron chi connectivity index (χ0n) is 35.7. The molecule has 0 N–H and O–H groups in total. The minimum Gasteiger partial charge on any atom is -0.340 e. The molecule has 4 aromatic carbocycles. The van der Waals surface area contributed by atoms with Crippen molar-refractivity contribution in [2.45, 2.75) is 68.5 Å². The molecular formula is C57H50B2N4. The van der Waals surface area contributed by atoms with E-state index in [1.807, 2.05) is 0 Å². The summed E-state index contributed by atoms with van der Waals surface area (Å²) in [7, 11) is 0. The first-order chi connectivity index (χ1) is 31.2. The molecule has 4 nitrogen and oxygen atoms in total. The van der Waals surface area contributed by atoms with Gasteiger partial charge < -0.3 is 4.90 Å². The highest BCUT2D eigenvalue weighted by atomic mass is 15.2. The molecule has 0 saturated carbocycles. The van der Waals surface area contributed by atoms with Crippen molar-refractivity contribution in [3.63, 3.8) is 0 Å². The summed E-state index contributed by atoms with van der Waals surface area (Å²) >= 11 is 0. The summed E-state index contributed by atoms with van der Waals surface area (Å²) in [4.78, 5) is 18.8. The first-order valence-electron chi connectivity index (χ1n) is 23.3. The van der Waals surface area contributed by atoms with Gasteiger partial charge in [0.2, 0.25) is 13.4 Å². The molecule has 2 aliphatic heterocycles. The Morgan fingerprint density at radius 2 is 1.32 bits per heavy atom. The van der Waals surface area contributed by atoms with Gasteiger partial charge in [0.15, 0.2) is 11.6 Å². The first kappa shape index (κ1) is 38.2. The number of benzene rings is 4. The van der Waals surface area contributed by atoms with E-state index in [0.717, 1.165) is 73.5 Å². The van der Waals surface area contributed by atoms with E-state index in [-0.39, 0.29) is 25.4 Å². The number of anilines is 1. The number of hydrogen-bond donors (Lipinski definition) is 0. The van der Waals surface area contributed by atoms with Crippen molar-refractivity contribution in [3.8, 4) is 33.9 Å². The number of hydrogen-bond acceptors (Lipinski definition) is 4. The van der Waals surface area contributed by atoms with Crippen molar-refractivity contribution in [3.05, 3.63) is 211 Å². The van der Waals surface area contributed by atoms with Crippen LogP contribution < -0.4 is 21.3 Å². The van der Waals surface area contributed by atoms with Crippen LogP contribution >= 0.6 is 0 Å². The molecule has 5 unspecified atom stereocenters. The third-order valence-corrected chi connectivity index (χ3v) is 14.7. The molecule has 0 fully saturated rings. The normalized spacial score (nSPS) is 24.0. The van der Waals surface area contributed by atoms with Crippen LogP contribution in [0.3, 0.4) is 0 Å². The molecule has 5 atom stereocenters. The quantitative estimate of drug-likeness (QED) is 0.121. The lowest BCUT2D eigenvalue weighted by atomic mass is 9.25. The highest BCUT2D eigenvalue weighted by Crippen LogP contribution is 2.49. The molecule has 0 amide bonds. The monoisotopic (exact) mass is 812 g/mol. The van der Waals surface area contributed by atoms with Crippen LogP contribution in [0.25, 0.3) is 33.9 Å². The van der Waals surface area contributed by atoms with Gasteiger partial charge in [0.25, 0.3) is 0 Å². The molecule has 0 saturated heterocycles. The maximum Gasteiger partial charge on any atom is 0.220 e. The molecule has 5 aromatic rings. The molecule has 7 aliphatic rings. The lowest BCUT2D eigenvalue weighted by Gasteiger charge is -2.54. The number of nitrogens with zero attached hydrogens (tertiary/aromatic N) is 4. The molecule has 5 aliphatic carbocycles. The second kappa shape index (κ2) is 16.3. The van der Waals surface area contributed by atoms with Gasteiger partial charge in [-0.15, -0.1) is 0 Å². The molecule has 63 heavy (non-hydrogen) atoms. The van der Waals surface area contributed by atoms with Gasteiger partial charge in [-0.2, -0.15) is 0 Å². The summed E-state index contributed by atoms with van der Waals surface area (Å²) in [6.45, 7) is 0.379. The number of rotatable bonds is 7. The van der Waals surface area contributed by atoms with Crippen molar-refractivity contribution < 1.29 is 0 Å². The van der Waals surface area contributed by atoms with Crippen LogP contribution in [-0.4, -0.2) is 34.4 Å². The molecule has 6 heteroatoms. The Bertz CT molecular complexity index is 2860. The van der Waals surface area contributed by atoms with Gasteiger partial charge >= 0.3 is 0 Å². The Morgan fingerprint density at radius 3 is 2.06 bits per heavy atom. The largest absolute Gasteiger partial charge is 0.340 e. The first-order valence-corrected chi connectivity index (χ1v) is 23.3. The van der Waals surface area contributed by atoms with E-state index in [1.54, 1.807) is 0 Å². The van der Waals surface area contributed by atoms with Crippen LogP contribution in [0, 0.1) is 5.92 Å². The van der Waals surface area contributed by atoms with Crippen LogP contribution in [-0.2, 0) is 0 Å². The summed E-state index contributed by atoms with van der Waals surface area (Å²) in [5, 5.41) is 0. The van der Waals surface area contributed by atoms with Gasteiger partial charge in [-0.1, -0.05) is 210 Å². The summed E-state index contributed by atoms with van der Waals surface area (Å²) in [5.41, 5.74) is 14.5. The van der Waals surface area contributed by atoms with Gasteiger partial charge in [-0.25, -0.2) is 15.0 Å². The fourth-order valence-electron chi connectivity index (χ4n) is 11.7. The Hall–Kier alpha value is -6.52. The average molecular weight is 813 g/mol. The van der Waals surface area contributed by atoms with Gasteiger partial charge in [0, 0.05) is 40.4 Å². The van der Waals surface area contributed by atoms with Gasteiger partial charge in [0.05, 0.1) is 0 Å². The Balaban J connectivity index is 1.08. The number of allylic oxidation sites excluding steroid dienone is 17. The number of aromatic nitrogens is 3. The molecule has 0 bridgehead atoms. The minimum absolute atomic E-state index is 0.0884. The van der Waals surface area contributed by atoms with Crippen LogP contribution in [0.4, 0.5) is 5.69 Å². The highest BCUT2D eigenvalue weighted by Gasteiger charge is 2.52. The van der Waals surface area contributed by atoms with Crippen molar-refractivity contribution in [2.75, 3.05) is 4.90 Å². The third kappa shape index (κ3) is 6.92. The Morgan fingerprint density at radius 1 is 0.556 bits per heavy atom. The summed E-state index contributed by atoms with van der Waals surface area (Å²) < 4.78 is 0. The maximum absolute atomic E-state index is 5.42. The fourth-order valence-corrected chi connectivity index (χ4v) is 11.7. The van der Waals surface area contributed by atoms with Crippen LogP contribution in [0.5, 0.6) is 0 Å². The Kier molecular flexibility index (Phi) is 9.88. The molecular weight excluding hydrogens is 762 g/mol. The second-order valence-corrected chi connectivity index (χ2v) is 18.3. The summed E-state index contributed by atoms with van der Waals surface area (Å²) in [6.07, 6.45) is 43.0. The fraction of sp³-hybridized carbons (Fsp3) is 0.211. The number of fused-ring (bicyclic) bond motifs is 4. The zero-order chi connectivity index (χ0) is 41.7. The molecule has 1 aromatic heterocycles. The van der Waals surface area contributed by atoms with E-state index in [1.165, 1.54) is 49.9 Å².